The zero-order chi connectivity index (χ0) is 23.4. The molecular weight excluding hydrogens is 490 g/mol. The molecule has 8 heteroatoms. The summed E-state index contributed by atoms with van der Waals surface area (Å²) in [6.07, 6.45) is 2.97. The summed E-state index contributed by atoms with van der Waals surface area (Å²) < 4.78 is 17.4. The van der Waals surface area contributed by atoms with Gasteiger partial charge in [0.25, 0.3) is 5.69 Å². The number of nitrogens with zero attached hydrogens (tertiary/aromatic N) is 1. The highest BCUT2D eigenvalue weighted by molar-refractivity contribution is 9.10. The van der Waals surface area contributed by atoms with Crippen molar-refractivity contribution in [3.05, 3.63) is 110 Å². The SMILES string of the molecule is COc1cc(/C=C2\C=C(c3ccc(Br)cc3)OC2=O)c([N+](=O)[O-])cc1OCc1ccccc1. The van der Waals surface area contributed by atoms with Gasteiger partial charge in [0.2, 0.25) is 0 Å². The van der Waals surface area contributed by atoms with E-state index in [1.807, 2.05) is 42.5 Å². The normalized spacial score (nSPS) is 14.1. The molecule has 166 valence electrons. The van der Waals surface area contributed by atoms with E-state index in [4.69, 9.17) is 14.2 Å². The summed E-state index contributed by atoms with van der Waals surface area (Å²) in [6, 6.07) is 19.5. The molecule has 0 spiro atoms. The molecule has 0 radical (unpaired) electrons. The minimum absolute atomic E-state index is 0.191. The van der Waals surface area contributed by atoms with Crippen molar-refractivity contribution in [3.8, 4) is 11.5 Å². The number of halogens is 1. The number of nitro groups is 1. The molecule has 0 saturated heterocycles. The smallest absolute Gasteiger partial charge is 0.343 e. The Hall–Kier alpha value is -3.91. The van der Waals surface area contributed by atoms with E-state index in [0.717, 1.165) is 10.0 Å². The Morgan fingerprint density at radius 1 is 1.06 bits per heavy atom. The Labute approximate surface area is 198 Å². The molecule has 0 atom stereocenters. The first-order chi connectivity index (χ1) is 15.9. The maximum Gasteiger partial charge on any atom is 0.343 e. The van der Waals surface area contributed by atoms with E-state index in [1.165, 1.54) is 25.3 Å². The van der Waals surface area contributed by atoms with Crippen molar-refractivity contribution in [2.24, 2.45) is 0 Å². The van der Waals surface area contributed by atoms with E-state index in [1.54, 1.807) is 18.2 Å². The maximum atomic E-state index is 12.4. The van der Waals surface area contributed by atoms with Gasteiger partial charge in [0.1, 0.15) is 12.4 Å². The zero-order valence-electron chi connectivity index (χ0n) is 17.5. The van der Waals surface area contributed by atoms with Crippen LogP contribution in [-0.2, 0) is 16.1 Å². The van der Waals surface area contributed by atoms with Crippen LogP contribution in [0.2, 0.25) is 0 Å². The number of carbonyl (C=O) groups is 1. The van der Waals surface area contributed by atoms with Gasteiger partial charge in [0.15, 0.2) is 11.5 Å². The number of benzene rings is 3. The molecule has 0 N–H and O–H groups in total. The van der Waals surface area contributed by atoms with E-state index < -0.39 is 10.9 Å². The molecule has 0 bridgehead atoms. The summed E-state index contributed by atoms with van der Waals surface area (Å²) in [5.41, 5.74) is 1.80. The highest BCUT2D eigenvalue weighted by atomic mass is 79.9. The number of methoxy groups -OCH3 is 1. The van der Waals surface area contributed by atoms with Crippen LogP contribution >= 0.6 is 15.9 Å². The van der Waals surface area contributed by atoms with Crippen molar-refractivity contribution in [3.63, 3.8) is 0 Å². The Morgan fingerprint density at radius 3 is 2.45 bits per heavy atom. The Morgan fingerprint density at radius 2 is 1.79 bits per heavy atom. The molecule has 0 saturated carbocycles. The molecule has 0 aliphatic carbocycles. The third kappa shape index (κ3) is 5.12. The molecule has 1 aliphatic rings. The monoisotopic (exact) mass is 507 g/mol. The van der Waals surface area contributed by atoms with Gasteiger partial charge in [-0.3, -0.25) is 10.1 Å². The zero-order valence-corrected chi connectivity index (χ0v) is 19.1. The quantitative estimate of drug-likeness (QED) is 0.170. The summed E-state index contributed by atoms with van der Waals surface area (Å²) in [7, 11) is 1.45. The Balaban J connectivity index is 1.68. The number of hydrogen-bond acceptors (Lipinski definition) is 6. The fourth-order valence-corrected chi connectivity index (χ4v) is 3.52. The lowest BCUT2D eigenvalue weighted by Crippen LogP contribution is -2.01. The van der Waals surface area contributed by atoms with Gasteiger partial charge in [-0.05, 0) is 35.9 Å². The minimum atomic E-state index is -0.592. The molecule has 3 aromatic rings. The van der Waals surface area contributed by atoms with Gasteiger partial charge >= 0.3 is 5.97 Å². The third-order valence-electron chi connectivity index (χ3n) is 4.91. The van der Waals surface area contributed by atoms with Crippen LogP contribution in [0.5, 0.6) is 11.5 Å². The second-order valence-electron chi connectivity index (χ2n) is 7.10. The third-order valence-corrected chi connectivity index (χ3v) is 5.44. The number of cyclic esters (lactones) is 1. The summed E-state index contributed by atoms with van der Waals surface area (Å²) >= 11 is 3.36. The summed E-state index contributed by atoms with van der Waals surface area (Å²) in [6.45, 7) is 0.223. The van der Waals surface area contributed by atoms with E-state index in [2.05, 4.69) is 15.9 Å². The van der Waals surface area contributed by atoms with Crippen molar-refractivity contribution < 1.29 is 23.9 Å². The van der Waals surface area contributed by atoms with Crippen LogP contribution in [0.4, 0.5) is 5.69 Å². The minimum Gasteiger partial charge on any atom is -0.493 e. The van der Waals surface area contributed by atoms with Gasteiger partial charge in [-0.15, -0.1) is 0 Å². The Kier molecular flexibility index (Phi) is 6.55. The average molecular weight is 508 g/mol. The van der Waals surface area contributed by atoms with Crippen molar-refractivity contribution in [1.82, 2.24) is 0 Å². The van der Waals surface area contributed by atoms with Gasteiger partial charge in [-0.2, -0.15) is 0 Å². The number of carbonyl (C=O) groups excluding carboxylic acids is 1. The molecule has 4 rings (SSSR count). The van der Waals surface area contributed by atoms with Crippen LogP contribution in [0.15, 0.2) is 82.9 Å². The number of hydrogen-bond donors (Lipinski definition) is 0. The van der Waals surface area contributed by atoms with Gasteiger partial charge < -0.3 is 14.2 Å². The lowest BCUT2D eigenvalue weighted by molar-refractivity contribution is -0.385. The van der Waals surface area contributed by atoms with E-state index >= 15 is 0 Å². The first-order valence-electron chi connectivity index (χ1n) is 9.89. The molecule has 0 unspecified atom stereocenters. The van der Waals surface area contributed by atoms with E-state index in [-0.39, 0.29) is 29.2 Å². The Bertz CT molecular complexity index is 1270. The first-order valence-corrected chi connectivity index (χ1v) is 10.7. The van der Waals surface area contributed by atoms with Crippen molar-refractivity contribution in [2.75, 3.05) is 7.11 Å². The van der Waals surface area contributed by atoms with Crippen LogP contribution in [-0.4, -0.2) is 18.0 Å². The number of ether oxygens (including phenoxy) is 3. The molecule has 7 nitrogen and oxygen atoms in total. The van der Waals surface area contributed by atoms with Crippen LogP contribution in [0, 0.1) is 10.1 Å². The van der Waals surface area contributed by atoms with Crippen LogP contribution in [0.25, 0.3) is 11.8 Å². The van der Waals surface area contributed by atoms with Crippen LogP contribution in [0.3, 0.4) is 0 Å². The van der Waals surface area contributed by atoms with Crippen molar-refractivity contribution in [1.29, 1.82) is 0 Å². The second-order valence-corrected chi connectivity index (χ2v) is 8.01. The van der Waals surface area contributed by atoms with Gasteiger partial charge in [-0.1, -0.05) is 58.4 Å². The lowest BCUT2D eigenvalue weighted by atomic mass is 10.1. The first kappa shape index (κ1) is 22.3. The maximum absolute atomic E-state index is 12.4. The lowest BCUT2D eigenvalue weighted by Gasteiger charge is -2.12. The summed E-state index contributed by atoms with van der Waals surface area (Å²) in [5.74, 6) is 0.323. The van der Waals surface area contributed by atoms with E-state index in [0.29, 0.717) is 17.1 Å². The van der Waals surface area contributed by atoms with Crippen LogP contribution in [0.1, 0.15) is 16.7 Å². The fraction of sp³-hybridized carbons (Fsp3) is 0.0800. The number of esters is 1. The molecule has 33 heavy (non-hydrogen) atoms. The van der Waals surface area contributed by atoms with Gasteiger partial charge in [-0.25, -0.2) is 4.79 Å². The predicted molar refractivity (Wildman–Crippen MR) is 127 cm³/mol. The summed E-state index contributed by atoms with van der Waals surface area (Å²) in [5, 5.41) is 11.8. The van der Waals surface area contributed by atoms with Crippen LogP contribution < -0.4 is 9.47 Å². The molecule has 0 fully saturated rings. The van der Waals surface area contributed by atoms with Gasteiger partial charge in [0, 0.05) is 10.0 Å². The number of rotatable bonds is 7. The molecular formula is C25H18BrNO6. The summed E-state index contributed by atoms with van der Waals surface area (Å²) in [4.78, 5) is 23.7. The largest absolute Gasteiger partial charge is 0.493 e. The van der Waals surface area contributed by atoms with E-state index in [9.17, 15) is 14.9 Å². The molecule has 0 aromatic heterocycles. The molecule has 1 aliphatic heterocycles. The molecule has 3 aromatic carbocycles. The van der Waals surface area contributed by atoms with Crippen molar-refractivity contribution >= 4 is 39.4 Å². The standard InChI is InChI=1S/C25H18BrNO6/c1-31-23-12-18(11-19-13-22(33-25(19)28)17-7-9-20(26)10-8-17)21(27(29)30)14-24(23)32-15-16-5-3-2-4-6-16/h2-14H,15H2,1H3/b19-11+. The average Bonchev–Trinajstić information content (AvgIpc) is 3.18. The molecule has 0 amide bonds. The van der Waals surface area contributed by atoms with Crippen molar-refractivity contribution in [2.45, 2.75) is 6.61 Å². The predicted octanol–water partition coefficient (Wildman–Crippen LogP) is 5.93. The van der Waals surface area contributed by atoms with Gasteiger partial charge in [0.05, 0.1) is 29.2 Å². The second kappa shape index (κ2) is 9.70. The topological polar surface area (TPSA) is 87.9 Å². The highest BCUT2D eigenvalue weighted by Crippen LogP contribution is 2.37. The highest BCUT2D eigenvalue weighted by Gasteiger charge is 2.25. The number of nitro benzene ring substituents is 1. The fourth-order valence-electron chi connectivity index (χ4n) is 3.26. The molecule has 1 heterocycles.